The van der Waals surface area contributed by atoms with Crippen LogP contribution in [0.3, 0.4) is 0 Å². The number of alkyl carbamates (subject to hydrolysis) is 2. The third kappa shape index (κ3) is 28.9. The van der Waals surface area contributed by atoms with E-state index in [2.05, 4.69) is 53.2 Å². The van der Waals surface area contributed by atoms with Gasteiger partial charge in [-0.05, 0) is 79.3 Å². The van der Waals surface area contributed by atoms with Gasteiger partial charge in [0, 0.05) is 118 Å². The molecule has 1 aliphatic carbocycles. The Morgan fingerprint density at radius 2 is 0.929 bits per heavy atom. The number of hydrogen-bond donors (Lipinski definition) is 16. The Bertz CT molecular complexity index is 4120. The van der Waals surface area contributed by atoms with E-state index in [1.165, 1.54) is 91.1 Å². The summed E-state index contributed by atoms with van der Waals surface area (Å²) in [4.78, 5) is 255. The van der Waals surface area contributed by atoms with Crippen LogP contribution in [0.15, 0.2) is 48.5 Å². The van der Waals surface area contributed by atoms with E-state index in [0.29, 0.717) is 11.1 Å². The molecule has 4 aliphatic heterocycles. The molecular formula is C80H117N19O28. The smallest absolute Gasteiger partial charge is 0.409 e. The number of likely N-dealkylation sites (N-methyl/N-ethyl adjacent to an activating group) is 4. The number of fused-ring (bicyclic) bond motifs is 2. The minimum atomic E-state index is -1.48. The van der Waals surface area contributed by atoms with E-state index in [9.17, 15) is 112 Å². The minimum Gasteiger partial charge on any atom is -0.448 e. The number of primary amides is 2. The number of benzene rings is 2. The fourth-order valence-corrected chi connectivity index (χ4v) is 14.3. The number of urea groups is 2. The summed E-state index contributed by atoms with van der Waals surface area (Å²) in [7, 11) is 5.72. The lowest BCUT2D eigenvalue weighted by molar-refractivity contribution is -0.158. The Labute approximate surface area is 732 Å². The molecule has 2 aromatic rings. The highest BCUT2D eigenvalue weighted by molar-refractivity contribution is 6.37. The molecule has 1 saturated carbocycles. The molecule has 5 fully saturated rings. The molecule has 47 heteroatoms. The van der Waals surface area contributed by atoms with Gasteiger partial charge in [0.1, 0.15) is 87.2 Å². The second kappa shape index (κ2) is 47.5. The van der Waals surface area contributed by atoms with Crippen molar-refractivity contribution in [2.75, 3.05) is 111 Å². The van der Waals surface area contributed by atoms with E-state index < -0.39 is 268 Å². The molecule has 0 bridgehead atoms. The van der Waals surface area contributed by atoms with Crippen LogP contribution in [-0.4, -0.2) is 341 Å². The van der Waals surface area contributed by atoms with Crippen molar-refractivity contribution in [3.8, 4) is 0 Å². The minimum absolute atomic E-state index is 0.00874. The normalized spacial score (nSPS) is 22.1. The quantitative estimate of drug-likeness (QED) is 0.0135. The van der Waals surface area contributed by atoms with Gasteiger partial charge in [-0.3, -0.25) is 57.5 Å². The first-order valence-corrected chi connectivity index (χ1v) is 41.4. The zero-order valence-electron chi connectivity index (χ0n) is 73.2. The van der Waals surface area contributed by atoms with Crippen LogP contribution in [0.5, 0.6) is 0 Å². The van der Waals surface area contributed by atoms with Gasteiger partial charge in [0.2, 0.25) is 35.4 Å². The van der Waals surface area contributed by atoms with Crippen molar-refractivity contribution in [3.63, 3.8) is 0 Å². The van der Waals surface area contributed by atoms with Crippen LogP contribution >= 0.6 is 0 Å². The van der Waals surface area contributed by atoms with Gasteiger partial charge < -0.3 is 143 Å². The number of amides is 19. The molecule has 4 heterocycles. The van der Waals surface area contributed by atoms with Crippen molar-refractivity contribution in [2.24, 2.45) is 41.1 Å². The average Bonchev–Trinajstić information content (AvgIpc) is 1.60. The molecule has 0 spiro atoms. The molecule has 19 amide bonds. The molecule has 0 aromatic heterocycles. The van der Waals surface area contributed by atoms with Gasteiger partial charge in [0.05, 0.1) is 49.4 Å². The molecule has 18 N–H and O–H groups in total. The molecule has 4 saturated heterocycles. The number of nitrogens with one attached hydrogen (secondary N) is 10. The van der Waals surface area contributed by atoms with Gasteiger partial charge in [0.15, 0.2) is 0 Å². The van der Waals surface area contributed by atoms with Gasteiger partial charge in [-0.2, -0.15) is 0 Å². The molecule has 47 nitrogen and oxygen atoms in total. The number of nitrogens with zero attached hydrogens (tertiary/aromatic N) is 7. The number of carbonyl (C=O) groups is 19. The third-order valence-electron chi connectivity index (χ3n) is 22.2. The number of nitrogens with two attached hydrogens (primary N) is 2. The number of hydrogen-bond acceptors (Lipinski definition) is 28. The number of ether oxygens (including phenoxy) is 5. The van der Waals surface area contributed by atoms with Gasteiger partial charge >= 0.3 is 66.2 Å². The van der Waals surface area contributed by atoms with Gasteiger partial charge in [-0.15, -0.1) is 0 Å². The maximum Gasteiger partial charge on any atom is 0.409 e. The second-order valence-electron chi connectivity index (χ2n) is 32.2. The summed E-state index contributed by atoms with van der Waals surface area (Å²) in [5, 5.41) is 67.9. The van der Waals surface area contributed by atoms with Crippen molar-refractivity contribution in [1.82, 2.24) is 76.8 Å². The van der Waals surface area contributed by atoms with Crippen LogP contribution in [0, 0.1) is 29.6 Å². The summed E-state index contributed by atoms with van der Waals surface area (Å²) < 4.78 is 35.1. The van der Waals surface area contributed by atoms with Crippen molar-refractivity contribution in [3.05, 3.63) is 59.7 Å². The lowest BCUT2D eigenvalue weighted by Gasteiger charge is -2.46. The Kier molecular flexibility index (Phi) is 37.3. The number of aliphatic hydroxyl groups excluding tert-OH is 4. The second-order valence-corrected chi connectivity index (χ2v) is 32.2. The zero-order chi connectivity index (χ0) is 94.8. The predicted octanol–water partition coefficient (Wildman–Crippen LogP) is -3.11. The monoisotopic (exact) mass is 1790 g/mol. The highest BCUT2D eigenvalue weighted by atomic mass is 16.6. The van der Waals surface area contributed by atoms with Gasteiger partial charge in [0.25, 0.3) is 0 Å². The Balaban J connectivity index is 0.873. The van der Waals surface area contributed by atoms with E-state index >= 15 is 0 Å². The maximum atomic E-state index is 14.1. The van der Waals surface area contributed by atoms with Crippen molar-refractivity contribution >= 4 is 125 Å². The summed E-state index contributed by atoms with van der Waals surface area (Å²) in [6, 6.07) is 2.83. The van der Waals surface area contributed by atoms with Crippen LogP contribution < -0.4 is 64.6 Å². The number of carbonyl (C=O) groups excluding carboxylic acids is 19. The lowest BCUT2D eigenvalue weighted by atomic mass is 9.84. The summed E-state index contributed by atoms with van der Waals surface area (Å²) in [6.07, 6.45) is -14.7. The molecule has 700 valence electrons. The topological polar surface area (TPSA) is 646 Å². The Morgan fingerprint density at radius 3 is 1.35 bits per heavy atom. The first kappa shape index (κ1) is 99.6. The molecule has 2 unspecified atom stereocenters. The van der Waals surface area contributed by atoms with E-state index in [1.807, 2.05) is 0 Å². The number of piperidine rings is 2. The van der Waals surface area contributed by atoms with Crippen LogP contribution in [0.1, 0.15) is 112 Å². The number of Topliss-reactive ketones (excluding diaryl/α,β-unsaturated/α-hetero) is 2. The first-order chi connectivity index (χ1) is 60.4. The number of aliphatic hydroxyl groups is 4. The molecular weight excluding hydrogens is 1670 g/mol. The average molecular weight is 1790 g/mol. The Hall–Kier alpha value is -12.8. The number of rotatable bonds is 43. The standard InChI is InChI=1S/C80H117N19O28/c1-41(2)58(68(110)87-50(13-11-27-83-74(81)116)66(108)85-47-19-15-45(16-20-47)38-125-78(120)94(8)30-29-93(7)56(102)26-23-52-63(107)61(105)44(6)64-91-70(112)72(114)98(52)64)89-76(118)123-35-33-97(57(103)37-49-54(100)24-25-55(49)101)34-36-124-77(119)90-59(42(3)4)69(111)88-51(14-12-28-84-75(82)117)67(109)86-48-21-17-46(18-22-48)39-126-79(121)95(9)31-32-96(10)80(122)127-40-53-60(104)43(5)62(106)65-92-71(113)73(115)99(53)65/h15-22,41-44,49-53,58-65,104-107H,11-14,23-40H2,1-10H3,(H,85,108)(H,86,109)(H,87,110)(H,88,111)(H,89,118)(H,90,119)(H,91,112)(H,92,113)(H3,81,83,116)(H3,82,84,117)/t43-,44-,50-,51-,52+,53+,58-,59-,60-,61+,62-,63+,64-,65-/m0/s1/i24T/t24?,43-,44-,49?,50-,51-,52+,53+,58-,59-,60-,61+,62-,63+,64-,65-. The fraction of sp³-hybridized carbons (Fsp3) is 0.613. The van der Waals surface area contributed by atoms with Crippen LogP contribution in [0.2, 0.25) is 0 Å². The Morgan fingerprint density at radius 1 is 0.504 bits per heavy atom. The fourth-order valence-electron chi connectivity index (χ4n) is 14.3. The summed E-state index contributed by atoms with van der Waals surface area (Å²) >= 11 is 0. The van der Waals surface area contributed by atoms with Crippen LogP contribution in [-0.2, 0) is 94.4 Å². The molecule has 7 rings (SSSR count). The summed E-state index contributed by atoms with van der Waals surface area (Å²) in [5.41, 5.74) is 11.9. The van der Waals surface area contributed by atoms with Gasteiger partial charge in [-0.1, -0.05) is 65.8 Å². The van der Waals surface area contributed by atoms with Crippen molar-refractivity contribution < 1.29 is 137 Å². The van der Waals surface area contributed by atoms with Crippen LogP contribution in [0.25, 0.3) is 0 Å². The SMILES string of the molecule is [3H]C1CC(=O)C(CC(=O)N(CCOC(=O)N[C@H](C(=O)N[C@@H](CCCNC(N)=O)C(=O)Nc2ccc(COC(=O)N(C)CCN(C)C(=O)CC[C@@H]3[C@@H](O)[C@H](O)[C@H](C)[C@H]4NC(=O)C(=O)N34)cc2)C(C)C)CCOC(=O)N[C@H](C(=O)N[C@@H](CCCNC(N)=O)C(=O)Nc2ccc(COC(=O)N(C)CCN(C)C(=O)OC[C@@H]3[C@@H](O)[C@H](C)[C@H](O)[C@H]4NC(=O)C(=O)N34)cc2)C(C)C)C1=O. The molecule has 127 heavy (non-hydrogen) atoms. The van der Waals surface area contributed by atoms with E-state index in [-0.39, 0.29) is 102 Å². The largest absolute Gasteiger partial charge is 0.448 e. The molecule has 5 aliphatic rings. The summed E-state index contributed by atoms with van der Waals surface area (Å²) in [5.74, 6) is -13.9. The van der Waals surface area contributed by atoms with Crippen LogP contribution in [0.4, 0.5) is 44.9 Å². The number of ketones is 2. The van der Waals surface area contributed by atoms with E-state index in [0.717, 1.165) is 14.7 Å². The van der Waals surface area contributed by atoms with E-state index in [1.54, 1.807) is 46.8 Å². The molecule has 16 atom stereocenters. The summed E-state index contributed by atoms with van der Waals surface area (Å²) in [6.45, 7) is 6.20. The highest BCUT2D eigenvalue weighted by Crippen LogP contribution is 2.34. The number of anilines is 2. The van der Waals surface area contributed by atoms with E-state index in [4.69, 9.17) is 36.5 Å². The molecule has 2 aromatic carbocycles. The van der Waals surface area contributed by atoms with Crippen molar-refractivity contribution in [2.45, 2.75) is 186 Å². The first-order valence-electron chi connectivity index (χ1n) is 41.9. The maximum absolute atomic E-state index is 14.1. The third-order valence-corrected chi connectivity index (χ3v) is 22.2. The van der Waals surface area contributed by atoms with Gasteiger partial charge in [-0.25, -0.2) is 33.6 Å². The lowest BCUT2D eigenvalue weighted by Crippen LogP contribution is -2.65. The molecule has 0 radical (unpaired) electrons. The van der Waals surface area contributed by atoms with Crippen molar-refractivity contribution in [1.29, 1.82) is 0 Å². The zero-order valence-corrected chi connectivity index (χ0v) is 72.2. The predicted molar refractivity (Wildman–Crippen MR) is 442 cm³/mol. The highest BCUT2D eigenvalue weighted by Gasteiger charge is 2.56.